The number of hydrogen-bond acceptors (Lipinski definition) is 4. The van der Waals surface area contributed by atoms with Gasteiger partial charge in [-0.2, -0.15) is 0 Å². The smallest absolute Gasteiger partial charge is 0.265 e. The van der Waals surface area contributed by atoms with Gasteiger partial charge in [0.2, 0.25) is 0 Å². The summed E-state index contributed by atoms with van der Waals surface area (Å²) in [5, 5.41) is 3.78. The zero-order chi connectivity index (χ0) is 14.8. The molecule has 0 aliphatic carbocycles. The van der Waals surface area contributed by atoms with Gasteiger partial charge in [-0.1, -0.05) is 12.1 Å². The number of likely N-dealkylation sites (N-methyl/N-ethyl adjacent to an activating group) is 1. The van der Waals surface area contributed by atoms with Crippen molar-refractivity contribution in [3.05, 3.63) is 41.2 Å². The summed E-state index contributed by atoms with van der Waals surface area (Å²) < 4.78 is 13.8. The molecule has 4 nitrogen and oxygen atoms in total. The van der Waals surface area contributed by atoms with Crippen LogP contribution in [0.2, 0.25) is 0 Å². The standard InChI is InChI=1S/C15H16FN3OS/c1-19(10-6-7-17-8-10)15(20)13-9-18-14(21-13)11-4-2-3-5-12(11)16/h2-5,9-10,17H,6-8H2,1H3. The van der Waals surface area contributed by atoms with Gasteiger partial charge in [-0.25, -0.2) is 9.37 Å². The summed E-state index contributed by atoms with van der Waals surface area (Å²) in [7, 11) is 1.81. The van der Waals surface area contributed by atoms with E-state index in [4.69, 9.17) is 0 Å². The van der Waals surface area contributed by atoms with Crippen LogP contribution in [-0.4, -0.2) is 42.0 Å². The van der Waals surface area contributed by atoms with Crippen LogP contribution in [0, 0.1) is 5.82 Å². The van der Waals surface area contributed by atoms with E-state index < -0.39 is 0 Å². The molecule has 1 aliphatic rings. The highest BCUT2D eigenvalue weighted by Gasteiger charge is 2.25. The number of carbonyl (C=O) groups is 1. The normalized spacial score (nSPS) is 17.9. The van der Waals surface area contributed by atoms with Crippen molar-refractivity contribution in [2.75, 3.05) is 20.1 Å². The van der Waals surface area contributed by atoms with E-state index in [1.54, 1.807) is 23.1 Å². The summed E-state index contributed by atoms with van der Waals surface area (Å²) >= 11 is 1.23. The molecule has 0 bridgehead atoms. The van der Waals surface area contributed by atoms with Gasteiger partial charge in [0.1, 0.15) is 15.7 Å². The van der Waals surface area contributed by atoms with Gasteiger partial charge in [-0.05, 0) is 25.1 Å². The number of aromatic nitrogens is 1. The molecule has 1 N–H and O–H groups in total. The highest BCUT2D eigenvalue weighted by molar-refractivity contribution is 7.16. The van der Waals surface area contributed by atoms with Gasteiger partial charge >= 0.3 is 0 Å². The van der Waals surface area contributed by atoms with Crippen molar-refractivity contribution < 1.29 is 9.18 Å². The molecule has 1 atom stereocenters. The van der Waals surface area contributed by atoms with Crippen molar-refractivity contribution in [2.45, 2.75) is 12.5 Å². The predicted octanol–water partition coefficient (Wildman–Crippen LogP) is 2.38. The van der Waals surface area contributed by atoms with Gasteiger partial charge in [0.05, 0.1) is 6.20 Å². The van der Waals surface area contributed by atoms with Crippen LogP contribution in [0.15, 0.2) is 30.5 Å². The van der Waals surface area contributed by atoms with Gasteiger partial charge < -0.3 is 10.2 Å². The molecule has 2 heterocycles. The first-order chi connectivity index (χ1) is 10.2. The first kappa shape index (κ1) is 14.2. The highest BCUT2D eigenvalue weighted by Crippen LogP contribution is 2.28. The van der Waals surface area contributed by atoms with Gasteiger partial charge in [-0.3, -0.25) is 4.79 Å². The third-order valence-electron chi connectivity index (χ3n) is 3.72. The lowest BCUT2D eigenvalue weighted by Crippen LogP contribution is -2.37. The highest BCUT2D eigenvalue weighted by atomic mass is 32.1. The molecule has 1 fully saturated rings. The third-order valence-corrected chi connectivity index (χ3v) is 4.74. The van der Waals surface area contributed by atoms with E-state index in [-0.39, 0.29) is 17.8 Å². The van der Waals surface area contributed by atoms with Crippen LogP contribution in [-0.2, 0) is 0 Å². The number of carbonyl (C=O) groups excluding carboxylic acids is 1. The molecule has 1 unspecified atom stereocenters. The van der Waals surface area contributed by atoms with Crippen molar-refractivity contribution >= 4 is 17.2 Å². The van der Waals surface area contributed by atoms with Crippen LogP contribution >= 0.6 is 11.3 Å². The summed E-state index contributed by atoms with van der Waals surface area (Å²) in [6.45, 7) is 1.76. The summed E-state index contributed by atoms with van der Waals surface area (Å²) in [5.74, 6) is -0.372. The fourth-order valence-corrected chi connectivity index (χ4v) is 3.37. The molecule has 1 saturated heterocycles. The summed E-state index contributed by atoms with van der Waals surface area (Å²) in [6, 6.07) is 6.69. The Bertz CT molecular complexity index is 652. The number of amides is 1. The summed E-state index contributed by atoms with van der Waals surface area (Å²) in [5.41, 5.74) is 0.437. The minimum atomic E-state index is -0.320. The number of thiazole rings is 1. The van der Waals surface area contributed by atoms with E-state index in [0.717, 1.165) is 19.5 Å². The van der Waals surface area contributed by atoms with Crippen LogP contribution in [0.3, 0.4) is 0 Å². The largest absolute Gasteiger partial charge is 0.337 e. The average Bonchev–Trinajstić information content (AvgIpc) is 3.17. The fraction of sp³-hybridized carbons (Fsp3) is 0.333. The van der Waals surface area contributed by atoms with Crippen molar-refractivity contribution in [3.8, 4) is 10.6 Å². The second kappa shape index (κ2) is 5.91. The van der Waals surface area contributed by atoms with Crippen LogP contribution in [0.4, 0.5) is 4.39 Å². The van der Waals surface area contributed by atoms with E-state index in [1.165, 1.54) is 23.6 Å². The van der Waals surface area contributed by atoms with E-state index in [1.807, 2.05) is 7.05 Å². The summed E-state index contributed by atoms with van der Waals surface area (Å²) in [4.78, 5) is 18.9. The molecule has 2 aromatic rings. The third kappa shape index (κ3) is 2.82. The predicted molar refractivity (Wildman–Crippen MR) is 80.9 cm³/mol. The monoisotopic (exact) mass is 305 g/mol. The molecular weight excluding hydrogens is 289 g/mol. The number of nitrogens with zero attached hydrogens (tertiary/aromatic N) is 2. The lowest BCUT2D eigenvalue weighted by molar-refractivity contribution is 0.0748. The van der Waals surface area contributed by atoms with Gasteiger partial charge in [0.15, 0.2) is 0 Å². The lowest BCUT2D eigenvalue weighted by atomic mass is 10.2. The second-order valence-electron chi connectivity index (χ2n) is 5.07. The number of hydrogen-bond donors (Lipinski definition) is 1. The Morgan fingerprint density at radius 1 is 1.48 bits per heavy atom. The first-order valence-electron chi connectivity index (χ1n) is 6.85. The van der Waals surface area contributed by atoms with Gasteiger partial charge in [0.25, 0.3) is 5.91 Å². The molecule has 1 aliphatic heterocycles. The minimum absolute atomic E-state index is 0.0520. The molecule has 1 aromatic carbocycles. The molecule has 110 valence electrons. The Balaban J connectivity index is 1.81. The van der Waals surface area contributed by atoms with Gasteiger partial charge in [0, 0.05) is 25.2 Å². The Morgan fingerprint density at radius 3 is 3.00 bits per heavy atom. The lowest BCUT2D eigenvalue weighted by Gasteiger charge is -2.22. The second-order valence-corrected chi connectivity index (χ2v) is 6.10. The molecule has 6 heteroatoms. The number of halogens is 1. The average molecular weight is 305 g/mol. The molecule has 21 heavy (non-hydrogen) atoms. The first-order valence-corrected chi connectivity index (χ1v) is 7.67. The molecule has 1 amide bonds. The van der Waals surface area contributed by atoms with Gasteiger partial charge in [-0.15, -0.1) is 11.3 Å². The topological polar surface area (TPSA) is 45.2 Å². The quantitative estimate of drug-likeness (QED) is 0.947. The van der Waals surface area contributed by atoms with Crippen LogP contribution < -0.4 is 5.32 Å². The molecule has 0 saturated carbocycles. The number of nitrogens with one attached hydrogen (secondary N) is 1. The molecule has 0 spiro atoms. The summed E-state index contributed by atoms with van der Waals surface area (Å²) in [6.07, 6.45) is 2.49. The Kier molecular flexibility index (Phi) is 3.98. The zero-order valence-electron chi connectivity index (χ0n) is 11.7. The fourth-order valence-electron chi connectivity index (χ4n) is 2.44. The maximum atomic E-state index is 13.8. The number of rotatable bonds is 3. The molecular formula is C15H16FN3OS. The maximum Gasteiger partial charge on any atom is 0.265 e. The SMILES string of the molecule is CN(C(=O)c1cnc(-c2ccccc2F)s1)C1CCNC1. The van der Waals surface area contributed by atoms with E-state index in [0.29, 0.717) is 15.4 Å². The molecule has 1 aromatic heterocycles. The van der Waals surface area contributed by atoms with Crippen molar-refractivity contribution in [1.29, 1.82) is 0 Å². The molecule has 0 radical (unpaired) electrons. The Labute approximate surface area is 126 Å². The van der Waals surface area contributed by atoms with E-state index in [2.05, 4.69) is 10.3 Å². The van der Waals surface area contributed by atoms with E-state index in [9.17, 15) is 9.18 Å². The van der Waals surface area contributed by atoms with Crippen LogP contribution in [0.5, 0.6) is 0 Å². The van der Waals surface area contributed by atoms with Crippen LogP contribution in [0.1, 0.15) is 16.1 Å². The zero-order valence-corrected chi connectivity index (χ0v) is 12.5. The van der Waals surface area contributed by atoms with Crippen molar-refractivity contribution in [2.24, 2.45) is 0 Å². The maximum absolute atomic E-state index is 13.8. The van der Waals surface area contributed by atoms with Crippen LogP contribution in [0.25, 0.3) is 10.6 Å². The Hall–Kier alpha value is -1.79. The van der Waals surface area contributed by atoms with Crippen molar-refractivity contribution in [1.82, 2.24) is 15.2 Å². The number of benzene rings is 1. The minimum Gasteiger partial charge on any atom is -0.337 e. The van der Waals surface area contributed by atoms with E-state index >= 15 is 0 Å². The Morgan fingerprint density at radius 2 is 2.29 bits per heavy atom. The molecule has 3 rings (SSSR count). The van der Waals surface area contributed by atoms with Crippen molar-refractivity contribution in [3.63, 3.8) is 0 Å².